The van der Waals surface area contributed by atoms with Crippen LogP contribution in [0.2, 0.25) is 0 Å². The van der Waals surface area contributed by atoms with Gasteiger partial charge in [0.1, 0.15) is 11.5 Å². The molecule has 120 valence electrons. The smallest absolute Gasteiger partial charge is 0.269 e. The van der Waals surface area contributed by atoms with E-state index in [0.29, 0.717) is 24.2 Å². The second kappa shape index (κ2) is 7.46. The zero-order valence-electron chi connectivity index (χ0n) is 12.9. The maximum absolute atomic E-state index is 13.5. The Bertz CT molecular complexity index is 820. The van der Waals surface area contributed by atoms with E-state index in [-0.39, 0.29) is 11.7 Å². The number of nitrogens with one attached hydrogen (secondary N) is 1. The Morgan fingerprint density at radius 1 is 1.00 bits per heavy atom. The van der Waals surface area contributed by atoms with Crippen molar-refractivity contribution in [2.45, 2.75) is 6.42 Å². The van der Waals surface area contributed by atoms with Gasteiger partial charge in [-0.2, -0.15) is 0 Å². The number of hydrogen-bond acceptors (Lipinski definition) is 3. The molecule has 0 saturated carbocycles. The molecule has 0 atom stereocenters. The number of carbonyl (C=O) groups excluding carboxylic acids is 1. The van der Waals surface area contributed by atoms with E-state index in [1.165, 1.54) is 6.07 Å². The van der Waals surface area contributed by atoms with Gasteiger partial charge >= 0.3 is 0 Å². The Balaban J connectivity index is 1.58. The summed E-state index contributed by atoms with van der Waals surface area (Å²) in [5.74, 6) is -0.529. The quantitative estimate of drug-likeness (QED) is 0.785. The van der Waals surface area contributed by atoms with Gasteiger partial charge in [-0.1, -0.05) is 24.3 Å². The number of pyridine rings is 2. The Morgan fingerprint density at radius 2 is 1.79 bits per heavy atom. The zero-order chi connectivity index (χ0) is 16.8. The SMILES string of the molecule is O=C(NCCc1ccccc1F)c1ccc(-c2ccncc2)cn1. The van der Waals surface area contributed by atoms with Gasteiger partial charge in [0.15, 0.2) is 0 Å². The van der Waals surface area contributed by atoms with Crippen molar-refractivity contribution in [3.05, 3.63) is 84.2 Å². The predicted molar refractivity (Wildman–Crippen MR) is 89.9 cm³/mol. The molecule has 0 fully saturated rings. The summed E-state index contributed by atoms with van der Waals surface area (Å²) in [7, 11) is 0. The van der Waals surface area contributed by atoms with Crippen LogP contribution in [0.15, 0.2) is 67.1 Å². The molecule has 0 spiro atoms. The normalized spacial score (nSPS) is 10.4. The fraction of sp³-hybridized carbons (Fsp3) is 0.105. The number of aromatic nitrogens is 2. The van der Waals surface area contributed by atoms with E-state index in [9.17, 15) is 9.18 Å². The lowest BCUT2D eigenvalue weighted by atomic mass is 10.1. The molecule has 0 bridgehead atoms. The van der Waals surface area contributed by atoms with Crippen LogP contribution in [0.25, 0.3) is 11.1 Å². The highest BCUT2D eigenvalue weighted by Gasteiger charge is 2.08. The van der Waals surface area contributed by atoms with Gasteiger partial charge in [-0.25, -0.2) is 4.39 Å². The minimum absolute atomic E-state index is 0.258. The third-order valence-corrected chi connectivity index (χ3v) is 3.65. The van der Waals surface area contributed by atoms with Crippen LogP contribution in [0.1, 0.15) is 16.1 Å². The second-order valence-electron chi connectivity index (χ2n) is 5.27. The number of rotatable bonds is 5. The van der Waals surface area contributed by atoms with Crippen LogP contribution < -0.4 is 5.32 Å². The number of amides is 1. The van der Waals surface area contributed by atoms with E-state index in [0.717, 1.165) is 11.1 Å². The van der Waals surface area contributed by atoms with E-state index in [1.807, 2.05) is 18.2 Å². The average Bonchev–Trinajstić information content (AvgIpc) is 2.64. The first-order valence-electron chi connectivity index (χ1n) is 7.62. The Hall–Kier alpha value is -3.08. The molecule has 1 aromatic carbocycles. The van der Waals surface area contributed by atoms with Crippen LogP contribution in [0.5, 0.6) is 0 Å². The lowest BCUT2D eigenvalue weighted by molar-refractivity contribution is 0.0949. The molecule has 2 aromatic heterocycles. The molecular weight excluding hydrogens is 305 g/mol. The first kappa shape index (κ1) is 15.8. The van der Waals surface area contributed by atoms with Crippen molar-refractivity contribution in [2.75, 3.05) is 6.54 Å². The van der Waals surface area contributed by atoms with Crippen LogP contribution >= 0.6 is 0 Å². The topological polar surface area (TPSA) is 54.9 Å². The van der Waals surface area contributed by atoms with E-state index in [4.69, 9.17) is 0 Å². The molecule has 5 heteroatoms. The fourth-order valence-corrected chi connectivity index (χ4v) is 2.35. The van der Waals surface area contributed by atoms with Crippen molar-refractivity contribution in [2.24, 2.45) is 0 Å². The van der Waals surface area contributed by atoms with Gasteiger partial charge in [-0.3, -0.25) is 14.8 Å². The van der Waals surface area contributed by atoms with Crippen molar-refractivity contribution in [1.82, 2.24) is 15.3 Å². The number of hydrogen-bond donors (Lipinski definition) is 1. The van der Waals surface area contributed by atoms with Gasteiger partial charge in [-0.05, 0) is 41.8 Å². The lowest BCUT2D eigenvalue weighted by Crippen LogP contribution is -2.26. The Kier molecular flexibility index (Phi) is 4.91. The minimum Gasteiger partial charge on any atom is -0.350 e. The maximum Gasteiger partial charge on any atom is 0.269 e. The summed E-state index contributed by atoms with van der Waals surface area (Å²) in [6, 6.07) is 13.8. The van der Waals surface area contributed by atoms with Gasteiger partial charge in [-0.15, -0.1) is 0 Å². The molecule has 0 aliphatic carbocycles. The first-order chi connectivity index (χ1) is 11.7. The summed E-state index contributed by atoms with van der Waals surface area (Å²) in [6.07, 6.45) is 5.51. The number of benzene rings is 1. The largest absolute Gasteiger partial charge is 0.350 e. The summed E-state index contributed by atoms with van der Waals surface area (Å²) in [4.78, 5) is 20.3. The molecule has 0 saturated heterocycles. The van der Waals surface area contributed by atoms with Crippen molar-refractivity contribution in [3.8, 4) is 11.1 Å². The van der Waals surface area contributed by atoms with Gasteiger partial charge < -0.3 is 5.32 Å². The summed E-state index contributed by atoms with van der Waals surface area (Å²) < 4.78 is 13.5. The Labute approximate surface area is 139 Å². The van der Waals surface area contributed by atoms with Crippen molar-refractivity contribution in [1.29, 1.82) is 0 Å². The summed E-state index contributed by atoms with van der Waals surface area (Å²) >= 11 is 0. The molecule has 1 N–H and O–H groups in total. The van der Waals surface area contributed by atoms with E-state index in [2.05, 4.69) is 15.3 Å². The van der Waals surface area contributed by atoms with Crippen LogP contribution in [-0.2, 0) is 6.42 Å². The monoisotopic (exact) mass is 321 g/mol. The Morgan fingerprint density at radius 3 is 2.50 bits per heavy atom. The molecule has 1 amide bonds. The molecule has 24 heavy (non-hydrogen) atoms. The highest BCUT2D eigenvalue weighted by atomic mass is 19.1. The lowest BCUT2D eigenvalue weighted by Gasteiger charge is -2.06. The van der Waals surface area contributed by atoms with Crippen molar-refractivity contribution >= 4 is 5.91 Å². The first-order valence-corrected chi connectivity index (χ1v) is 7.62. The number of halogens is 1. The molecule has 0 unspecified atom stereocenters. The van der Waals surface area contributed by atoms with E-state index < -0.39 is 0 Å². The molecular formula is C19H16FN3O. The fourth-order valence-electron chi connectivity index (χ4n) is 2.35. The van der Waals surface area contributed by atoms with Gasteiger partial charge in [0.25, 0.3) is 5.91 Å². The minimum atomic E-state index is -0.271. The van der Waals surface area contributed by atoms with Crippen LogP contribution in [0.4, 0.5) is 4.39 Å². The third kappa shape index (κ3) is 3.81. The molecule has 0 radical (unpaired) electrons. The molecule has 3 rings (SSSR count). The third-order valence-electron chi connectivity index (χ3n) is 3.65. The predicted octanol–water partition coefficient (Wildman–Crippen LogP) is 3.26. The van der Waals surface area contributed by atoms with Gasteiger partial charge in [0, 0.05) is 30.7 Å². The van der Waals surface area contributed by atoms with E-state index in [1.54, 1.807) is 42.9 Å². The van der Waals surface area contributed by atoms with Gasteiger partial charge in [0.2, 0.25) is 0 Å². The highest BCUT2D eigenvalue weighted by Crippen LogP contribution is 2.17. The molecule has 4 nitrogen and oxygen atoms in total. The zero-order valence-corrected chi connectivity index (χ0v) is 12.9. The molecule has 0 aliphatic heterocycles. The summed E-state index contributed by atoms with van der Waals surface area (Å²) in [6.45, 7) is 0.355. The average molecular weight is 321 g/mol. The van der Waals surface area contributed by atoms with Crippen molar-refractivity contribution < 1.29 is 9.18 Å². The molecule has 0 aliphatic rings. The summed E-state index contributed by atoms with van der Waals surface area (Å²) in [5, 5.41) is 2.76. The van der Waals surface area contributed by atoms with E-state index >= 15 is 0 Å². The van der Waals surface area contributed by atoms with Gasteiger partial charge in [0.05, 0.1) is 0 Å². The maximum atomic E-state index is 13.5. The highest BCUT2D eigenvalue weighted by molar-refractivity contribution is 5.92. The number of carbonyl (C=O) groups is 1. The van der Waals surface area contributed by atoms with Crippen LogP contribution in [0.3, 0.4) is 0 Å². The summed E-state index contributed by atoms with van der Waals surface area (Å²) in [5.41, 5.74) is 2.82. The number of nitrogens with zero attached hydrogens (tertiary/aromatic N) is 2. The molecule has 3 aromatic rings. The van der Waals surface area contributed by atoms with Crippen LogP contribution in [0, 0.1) is 5.82 Å². The standard InChI is InChI=1S/C19H16FN3O/c20-17-4-2-1-3-15(17)9-12-22-19(24)18-6-5-16(13-23-18)14-7-10-21-11-8-14/h1-8,10-11,13H,9,12H2,(H,22,24). The van der Waals surface area contributed by atoms with Crippen molar-refractivity contribution in [3.63, 3.8) is 0 Å². The van der Waals surface area contributed by atoms with Crippen LogP contribution in [-0.4, -0.2) is 22.4 Å². The molecule has 2 heterocycles. The second-order valence-corrected chi connectivity index (χ2v) is 5.27.